The minimum absolute atomic E-state index is 0.221. The van der Waals surface area contributed by atoms with E-state index in [0.717, 1.165) is 5.56 Å². The van der Waals surface area contributed by atoms with E-state index in [1.54, 1.807) is 16.7 Å². The molecule has 2 aliphatic heterocycles. The number of imide groups is 1. The van der Waals surface area contributed by atoms with Gasteiger partial charge in [0.25, 0.3) is 5.91 Å². The number of carbonyl (C=O) groups excluding carboxylic acids is 3. The number of hydrogen-bond acceptors (Lipinski definition) is 5. The van der Waals surface area contributed by atoms with E-state index in [0.29, 0.717) is 24.6 Å². The average molecular weight is 391 g/mol. The molecule has 3 amide bonds. The Morgan fingerprint density at radius 3 is 2.44 bits per heavy atom. The van der Waals surface area contributed by atoms with Crippen LogP contribution in [0.15, 0.2) is 29.2 Å². The minimum atomic E-state index is -0.562. The molecule has 2 fully saturated rings. The van der Waals surface area contributed by atoms with Crippen molar-refractivity contribution in [2.24, 2.45) is 5.92 Å². The molecule has 0 spiro atoms. The SMILES string of the molecule is COC(=O)[C@@H]1CCN2C(=O)N([C@H](C)c3ccc(SC(C)C)cc3)C(=O)[C@@H]2C1. The average Bonchev–Trinajstić information content (AvgIpc) is 2.91. The number of carbonyl (C=O) groups is 3. The van der Waals surface area contributed by atoms with Gasteiger partial charge in [-0.3, -0.25) is 14.5 Å². The highest BCUT2D eigenvalue weighted by Crippen LogP contribution is 2.35. The minimum Gasteiger partial charge on any atom is -0.469 e. The molecule has 2 saturated heterocycles. The lowest BCUT2D eigenvalue weighted by Crippen LogP contribution is -2.44. The van der Waals surface area contributed by atoms with Crippen LogP contribution in [0.1, 0.15) is 45.2 Å². The molecule has 0 radical (unpaired) electrons. The number of urea groups is 1. The molecule has 0 saturated carbocycles. The number of ether oxygens (including phenoxy) is 1. The summed E-state index contributed by atoms with van der Waals surface area (Å²) in [6.45, 7) is 6.56. The van der Waals surface area contributed by atoms with Crippen molar-refractivity contribution in [1.29, 1.82) is 0 Å². The molecule has 146 valence electrons. The zero-order chi connectivity index (χ0) is 19.7. The summed E-state index contributed by atoms with van der Waals surface area (Å²) in [4.78, 5) is 41.7. The van der Waals surface area contributed by atoms with E-state index in [-0.39, 0.29) is 29.9 Å². The van der Waals surface area contributed by atoms with Gasteiger partial charge in [-0.2, -0.15) is 0 Å². The first kappa shape index (κ1) is 19.7. The van der Waals surface area contributed by atoms with Gasteiger partial charge in [0.05, 0.1) is 19.1 Å². The van der Waals surface area contributed by atoms with Crippen LogP contribution in [0.5, 0.6) is 0 Å². The molecule has 0 bridgehead atoms. The number of hydrogen-bond donors (Lipinski definition) is 0. The van der Waals surface area contributed by atoms with E-state index in [9.17, 15) is 14.4 Å². The van der Waals surface area contributed by atoms with Gasteiger partial charge in [0.2, 0.25) is 0 Å². The van der Waals surface area contributed by atoms with E-state index in [1.165, 1.54) is 16.9 Å². The largest absolute Gasteiger partial charge is 0.469 e. The topological polar surface area (TPSA) is 66.9 Å². The van der Waals surface area contributed by atoms with E-state index in [2.05, 4.69) is 13.8 Å². The van der Waals surface area contributed by atoms with Crippen molar-refractivity contribution < 1.29 is 19.1 Å². The van der Waals surface area contributed by atoms with Gasteiger partial charge in [0, 0.05) is 16.7 Å². The van der Waals surface area contributed by atoms with Gasteiger partial charge < -0.3 is 9.64 Å². The summed E-state index contributed by atoms with van der Waals surface area (Å²) in [5.41, 5.74) is 0.925. The summed E-state index contributed by atoms with van der Waals surface area (Å²) in [7, 11) is 1.35. The molecule has 0 aromatic heterocycles. The fraction of sp³-hybridized carbons (Fsp3) is 0.550. The first-order chi connectivity index (χ1) is 12.8. The maximum absolute atomic E-state index is 12.9. The number of piperidine rings is 1. The van der Waals surface area contributed by atoms with Crippen molar-refractivity contribution in [3.63, 3.8) is 0 Å². The first-order valence-corrected chi connectivity index (χ1v) is 10.2. The van der Waals surface area contributed by atoms with Crippen molar-refractivity contribution in [3.8, 4) is 0 Å². The molecule has 2 heterocycles. The lowest BCUT2D eigenvalue weighted by molar-refractivity contribution is -0.147. The molecular formula is C20H26N2O4S. The van der Waals surface area contributed by atoms with Crippen LogP contribution in [-0.4, -0.2) is 52.7 Å². The number of esters is 1. The Bertz CT molecular complexity index is 734. The van der Waals surface area contributed by atoms with Crippen LogP contribution >= 0.6 is 11.8 Å². The van der Waals surface area contributed by atoms with Gasteiger partial charge in [0.15, 0.2) is 0 Å². The molecule has 1 aromatic carbocycles. The molecular weight excluding hydrogens is 364 g/mol. The van der Waals surface area contributed by atoms with Crippen molar-refractivity contribution in [2.45, 2.75) is 55.8 Å². The second-order valence-electron chi connectivity index (χ2n) is 7.36. The molecule has 0 unspecified atom stereocenters. The summed E-state index contributed by atoms with van der Waals surface area (Å²) in [5, 5.41) is 0.494. The number of fused-ring (bicyclic) bond motifs is 1. The monoisotopic (exact) mass is 390 g/mol. The fourth-order valence-electron chi connectivity index (χ4n) is 3.81. The molecule has 6 nitrogen and oxygen atoms in total. The third kappa shape index (κ3) is 3.83. The van der Waals surface area contributed by atoms with E-state index >= 15 is 0 Å². The summed E-state index contributed by atoms with van der Waals surface area (Å²) < 4.78 is 4.81. The maximum Gasteiger partial charge on any atom is 0.328 e. The van der Waals surface area contributed by atoms with Crippen LogP contribution in [0.4, 0.5) is 4.79 Å². The summed E-state index contributed by atoms with van der Waals surface area (Å²) in [6, 6.07) is 6.85. The van der Waals surface area contributed by atoms with Gasteiger partial charge in [0.1, 0.15) is 6.04 Å². The van der Waals surface area contributed by atoms with Crippen LogP contribution in [0.2, 0.25) is 0 Å². The van der Waals surface area contributed by atoms with E-state index in [4.69, 9.17) is 4.74 Å². The standard InChI is InChI=1S/C20H26N2O4S/c1-12(2)27-16-7-5-14(6-8-16)13(3)22-18(23)17-11-15(19(24)26-4)9-10-21(17)20(22)25/h5-8,12-13,15,17H,9-11H2,1-4H3/t13-,15-,17+/m1/s1. The van der Waals surface area contributed by atoms with Crippen LogP contribution < -0.4 is 0 Å². The maximum atomic E-state index is 12.9. The van der Waals surface area contributed by atoms with Gasteiger partial charge in [-0.25, -0.2) is 4.79 Å². The Labute approximate surface area is 164 Å². The van der Waals surface area contributed by atoms with Crippen molar-refractivity contribution >= 4 is 29.7 Å². The molecule has 1 aromatic rings. The molecule has 2 aliphatic rings. The van der Waals surface area contributed by atoms with E-state index < -0.39 is 6.04 Å². The first-order valence-electron chi connectivity index (χ1n) is 9.31. The predicted molar refractivity (Wildman–Crippen MR) is 103 cm³/mol. The second-order valence-corrected chi connectivity index (χ2v) is 9.01. The fourth-order valence-corrected chi connectivity index (χ4v) is 4.64. The lowest BCUT2D eigenvalue weighted by atomic mass is 9.91. The van der Waals surface area contributed by atoms with Crippen molar-refractivity contribution in [2.75, 3.05) is 13.7 Å². The van der Waals surface area contributed by atoms with Crippen molar-refractivity contribution in [1.82, 2.24) is 9.80 Å². The van der Waals surface area contributed by atoms with Crippen LogP contribution in [-0.2, 0) is 14.3 Å². The Kier molecular flexibility index (Phi) is 5.79. The third-order valence-corrected chi connectivity index (χ3v) is 6.25. The Balaban J connectivity index is 1.76. The Morgan fingerprint density at radius 1 is 1.19 bits per heavy atom. The number of amides is 3. The van der Waals surface area contributed by atoms with Gasteiger partial charge >= 0.3 is 12.0 Å². The van der Waals surface area contributed by atoms with Gasteiger partial charge in [-0.1, -0.05) is 26.0 Å². The highest BCUT2D eigenvalue weighted by Gasteiger charge is 2.50. The molecule has 27 heavy (non-hydrogen) atoms. The number of benzene rings is 1. The van der Waals surface area contributed by atoms with Crippen LogP contribution in [0.25, 0.3) is 0 Å². The van der Waals surface area contributed by atoms with Crippen LogP contribution in [0, 0.1) is 5.92 Å². The molecule has 7 heteroatoms. The molecule has 3 atom stereocenters. The Morgan fingerprint density at radius 2 is 1.85 bits per heavy atom. The molecule has 0 aliphatic carbocycles. The number of thioether (sulfide) groups is 1. The lowest BCUT2D eigenvalue weighted by Gasteiger charge is -2.30. The molecule has 3 rings (SSSR count). The zero-order valence-corrected chi connectivity index (χ0v) is 17.0. The zero-order valence-electron chi connectivity index (χ0n) is 16.2. The van der Waals surface area contributed by atoms with Gasteiger partial charge in [-0.05, 0) is 37.5 Å². The predicted octanol–water partition coefficient (Wildman–Crippen LogP) is 3.46. The number of methoxy groups -OCH3 is 1. The highest BCUT2D eigenvalue weighted by molar-refractivity contribution is 7.99. The summed E-state index contributed by atoms with van der Waals surface area (Å²) in [5.74, 6) is -0.850. The number of rotatable bonds is 5. The molecule has 0 N–H and O–H groups in total. The normalized spacial score (nSPS) is 23.6. The summed E-state index contributed by atoms with van der Waals surface area (Å²) >= 11 is 1.77. The quantitative estimate of drug-likeness (QED) is 0.438. The van der Waals surface area contributed by atoms with Gasteiger partial charge in [-0.15, -0.1) is 11.8 Å². The number of nitrogens with zero attached hydrogens (tertiary/aromatic N) is 2. The van der Waals surface area contributed by atoms with E-state index in [1.807, 2.05) is 31.2 Å². The summed E-state index contributed by atoms with van der Waals surface area (Å²) in [6.07, 6.45) is 0.871. The third-order valence-electron chi connectivity index (χ3n) is 5.23. The van der Waals surface area contributed by atoms with Crippen molar-refractivity contribution in [3.05, 3.63) is 29.8 Å². The van der Waals surface area contributed by atoms with Crippen LogP contribution in [0.3, 0.4) is 0 Å². The second kappa shape index (κ2) is 7.92. The Hall–Kier alpha value is -2.02. The highest BCUT2D eigenvalue weighted by atomic mass is 32.2. The smallest absolute Gasteiger partial charge is 0.328 e.